The minimum Gasteiger partial charge on any atom is -0.370 e. The predicted molar refractivity (Wildman–Crippen MR) is 138 cm³/mol. The van der Waals surface area contributed by atoms with Gasteiger partial charge in [0.25, 0.3) is 0 Å². The maximum atomic E-state index is 13.5. The van der Waals surface area contributed by atoms with Gasteiger partial charge in [0.05, 0.1) is 5.56 Å². The molecule has 2 aromatic rings. The van der Waals surface area contributed by atoms with Crippen LogP contribution in [0, 0.1) is 28.6 Å². The van der Waals surface area contributed by atoms with Gasteiger partial charge in [0.1, 0.15) is 11.9 Å². The molecule has 1 N–H and O–H groups in total. The topological polar surface area (TPSA) is 89.3 Å². The summed E-state index contributed by atoms with van der Waals surface area (Å²) in [6, 6.07) is 13.6. The Kier molecular flexibility index (Phi) is 6.90. The first-order chi connectivity index (χ1) is 17.4. The summed E-state index contributed by atoms with van der Waals surface area (Å²) in [5.74, 6) is 1.56. The maximum absolute atomic E-state index is 13.5. The van der Waals surface area contributed by atoms with Crippen molar-refractivity contribution in [2.75, 3.05) is 38.0 Å². The smallest absolute Gasteiger partial charge is 0.228 e. The second-order valence-corrected chi connectivity index (χ2v) is 11.1. The number of hydrogen-bond acceptors (Lipinski definition) is 5. The number of piperidine rings is 1. The number of carbonyl (C=O) groups is 2. The molecule has 3 fully saturated rings. The Labute approximate surface area is 217 Å². The van der Waals surface area contributed by atoms with Gasteiger partial charge in [-0.2, -0.15) is 5.26 Å². The first-order valence-electron chi connectivity index (χ1n) is 12.8. The maximum Gasteiger partial charge on any atom is 0.228 e. The Morgan fingerprint density at radius 2 is 1.83 bits per heavy atom. The second kappa shape index (κ2) is 10.1. The highest BCUT2D eigenvalue weighted by atomic mass is 35.5. The van der Waals surface area contributed by atoms with Crippen LogP contribution in [0.4, 0.5) is 5.82 Å². The number of amides is 2. The minimum absolute atomic E-state index is 0.0289. The molecule has 1 saturated carbocycles. The van der Waals surface area contributed by atoms with Crippen LogP contribution < -0.4 is 5.32 Å². The number of nitrogens with zero attached hydrogens (tertiary/aromatic N) is 4. The highest BCUT2D eigenvalue weighted by molar-refractivity contribution is 6.30. The third-order valence-corrected chi connectivity index (χ3v) is 8.39. The van der Waals surface area contributed by atoms with Gasteiger partial charge in [-0.05, 0) is 55.5 Å². The number of benzene rings is 1. The molecular weight excluding hydrogens is 474 g/mol. The molecule has 3 heterocycles. The van der Waals surface area contributed by atoms with Crippen molar-refractivity contribution in [3.63, 3.8) is 0 Å². The van der Waals surface area contributed by atoms with Gasteiger partial charge in [0, 0.05) is 67.1 Å². The van der Waals surface area contributed by atoms with Gasteiger partial charge < -0.3 is 15.1 Å². The second-order valence-electron chi connectivity index (χ2n) is 10.7. The molecular formula is C28H32ClN5O2. The van der Waals surface area contributed by atoms with Gasteiger partial charge in [-0.25, -0.2) is 4.98 Å². The van der Waals surface area contributed by atoms with Crippen LogP contribution in [0.15, 0.2) is 42.6 Å². The van der Waals surface area contributed by atoms with Crippen LogP contribution in [0.25, 0.3) is 0 Å². The largest absolute Gasteiger partial charge is 0.370 e. The fraction of sp³-hybridized carbons (Fsp3) is 0.500. The molecule has 0 bridgehead atoms. The molecule has 2 aliphatic heterocycles. The van der Waals surface area contributed by atoms with E-state index < -0.39 is 0 Å². The Morgan fingerprint density at radius 1 is 1.11 bits per heavy atom. The van der Waals surface area contributed by atoms with Gasteiger partial charge in [-0.15, -0.1) is 0 Å². The number of carbonyl (C=O) groups excluding carboxylic acids is 2. The van der Waals surface area contributed by atoms with E-state index in [0.29, 0.717) is 43.3 Å². The van der Waals surface area contributed by atoms with Gasteiger partial charge in [0.15, 0.2) is 0 Å². The number of halogens is 1. The molecule has 1 aromatic heterocycles. The van der Waals surface area contributed by atoms with E-state index in [2.05, 4.69) is 35.4 Å². The van der Waals surface area contributed by atoms with E-state index in [9.17, 15) is 9.59 Å². The lowest BCUT2D eigenvalue weighted by molar-refractivity contribution is -0.142. The number of aromatic nitrogens is 1. The van der Waals surface area contributed by atoms with Crippen molar-refractivity contribution in [1.29, 1.82) is 5.26 Å². The average Bonchev–Trinajstić information content (AvgIpc) is 3.52. The van der Waals surface area contributed by atoms with E-state index in [1.807, 2.05) is 28.0 Å². The van der Waals surface area contributed by atoms with Crippen LogP contribution >= 0.6 is 11.6 Å². The summed E-state index contributed by atoms with van der Waals surface area (Å²) in [4.78, 5) is 34.6. The molecule has 36 heavy (non-hydrogen) atoms. The molecule has 5 rings (SSSR count). The van der Waals surface area contributed by atoms with Crippen molar-refractivity contribution in [2.24, 2.45) is 17.3 Å². The van der Waals surface area contributed by atoms with Crippen LogP contribution in [0.2, 0.25) is 5.02 Å². The minimum atomic E-state index is -0.151. The molecule has 0 radical (unpaired) electrons. The number of rotatable bonds is 6. The molecule has 8 heteroatoms. The van der Waals surface area contributed by atoms with Crippen LogP contribution in [0.1, 0.15) is 49.7 Å². The highest BCUT2D eigenvalue weighted by Crippen LogP contribution is 2.47. The van der Waals surface area contributed by atoms with Crippen molar-refractivity contribution in [1.82, 2.24) is 14.8 Å². The number of hydrogen-bond donors (Lipinski definition) is 1. The van der Waals surface area contributed by atoms with Crippen LogP contribution in [0.5, 0.6) is 0 Å². The van der Waals surface area contributed by atoms with Gasteiger partial charge >= 0.3 is 0 Å². The lowest BCUT2D eigenvalue weighted by Gasteiger charge is -2.34. The van der Waals surface area contributed by atoms with Crippen molar-refractivity contribution >= 4 is 29.2 Å². The third-order valence-electron chi connectivity index (χ3n) is 8.14. The van der Waals surface area contributed by atoms with E-state index in [0.717, 1.165) is 31.5 Å². The van der Waals surface area contributed by atoms with E-state index in [4.69, 9.17) is 16.9 Å². The summed E-state index contributed by atoms with van der Waals surface area (Å²) in [6.07, 6.45) is 5.00. The summed E-state index contributed by atoms with van der Waals surface area (Å²) < 4.78 is 0. The lowest BCUT2D eigenvalue weighted by Crippen LogP contribution is -2.45. The Bertz CT molecular complexity index is 1150. The molecule has 1 aromatic carbocycles. The molecule has 2 amide bonds. The van der Waals surface area contributed by atoms with Crippen LogP contribution in [0.3, 0.4) is 0 Å². The number of pyridine rings is 1. The summed E-state index contributed by atoms with van der Waals surface area (Å²) in [6.45, 7) is 5.41. The zero-order valence-electron chi connectivity index (χ0n) is 20.6. The number of nitrogens with one attached hydrogen (secondary N) is 1. The molecule has 2 saturated heterocycles. The average molecular weight is 506 g/mol. The van der Waals surface area contributed by atoms with E-state index in [1.165, 1.54) is 5.56 Å². The first-order valence-corrected chi connectivity index (χ1v) is 13.2. The molecule has 0 spiro atoms. The summed E-state index contributed by atoms with van der Waals surface area (Å²) in [7, 11) is 0. The summed E-state index contributed by atoms with van der Waals surface area (Å²) in [5, 5.41) is 13.1. The van der Waals surface area contributed by atoms with Crippen molar-refractivity contribution in [3.05, 3.63) is 58.7 Å². The molecule has 3 aliphatic rings. The predicted octanol–water partition coefficient (Wildman–Crippen LogP) is 4.30. The normalized spacial score (nSPS) is 23.2. The highest BCUT2D eigenvalue weighted by Gasteiger charge is 2.48. The van der Waals surface area contributed by atoms with Crippen LogP contribution in [-0.2, 0) is 9.59 Å². The lowest BCUT2D eigenvalue weighted by atomic mass is 9.89. The number of likely N-dealkylation sites (tertiary alicyclic amines) is 2. The quantitative estimate of drug-likeness (QED) is 0.632. The SMILES string of the molecule is CC1(C(=O)N2CCC(C(=O)N3CC(CNc4ccc(C#N)cn4)C(c4ccc(Cl)cc4)C3)CC2)CC1. The molecule has 7 nitrogen and oxygen atoms in total. The molecule has 2 atom stereocenters. The van der Waals surface area contributed by atoms with Crippen molar-refractivity contribution in [3.8, 4) is 6.07 Å². The van der Waals surface area contributed by atoms with Crippen LogP contribution in [-0.4, -0.2) is 59.3 Å². The zero-order chi connectivity index (χ0) is 25.3. The Balaban J connectivity index is 1.24. The Hall–Kier alpha value is -3.11. The third kappa shape index (κ3) is 5.19. The fourth-order valence-electron chi connectivity index (χ4n) is 5.52. The molecule has 1 aliphatic carbocycles. The molecule has 2 unspecified atom stereocenters. The van der Waals surface area contributed by atoms with E-state index >= 15 is 0 Å². The summed E-state index contributed by atoms with van der Waals surface area (Å²) in [5.41, 5.74) is 1.55. The van der Waals surface area contributed by atoms with Gasteiger partial charge in [-0.3, -0.25) is 9.59 Å². The first kappa shape index (κ1) is 24.6. The number of nitriles is 1. The summed E-state index contributed by atoms with van der Waals surface area (Å²) >= 11 is 6.13. The van der Waals surface area contributed by atoms with E-state index in [1.54, 1.807) is 12.3 Å². The molecule has 188 valence electrons. The Morgan fingerprint density at radius 3 is 2.44 bits per heavy atom. The zero-order valence-corrected chi connectivity index (χ0v) is 21.4. The standard InChI is InChI=1S/C28H32ClN5O2/c1-28(10-11-28)27(36)33-12-8-21(9-13-33)26(35)34-17-22(16-32-25-7-2-19(14-30)15-31-25)24(18-34)20-3-5-23(29)6-4-20/h2-7,15,21-22,24H,8-13,16-18H2,1H3,(H,31,32). The fourth-order valence-corrected chi connectivity index (χ4v) is 5.64. The monoisotopic (exact) mass is 505 g/mol. The van der Waals surface area contributed by atoms with Crippen molar-refractivity contribution < 1.29 is 9.59 Å². The number of anilines is 1. The van der Waals surface area contributed by atoms with Crippen molar-refractivity contribution in [2.45, 2.75) is 38.5 Å². The van der Waals surface area contributed by atoms with Gasteiger partial charge in [-0.1, -0.05) is 30.7 Å². The van der Waals surface area contributed by atoms with E-state index in [-0.39, 0.29) is 35.0 Å². The van der Waals surface area contributed by atoms with Gasteiger partial charge in [0.2, 0.25) is 11.8 Å².